The third-order valence-electron chi connectivity index (χ3n) is 4.87. The number of nitrogens with one attached hydrogen (secondary N) is 1. The molecule has 3 heterocycles. The van der Waals surface area contributed by atoms with Gasteiger partial charge in [-0.2, -0.15) is 5.10 Å². The molecule has 0 aliphatic heterocycles. The normalized spacial score (nSPS) is 14.9. The first-order valence-corrected chi connectivity index (χ1v) is 8.97. The highest BCUT2D eigenvalue weighted by Crippen LogP contribution is 2.26. The summed E-state index contributed by atoms with van der Waals surface area (Å²) in [4.78, 5) is 19.3. The number of hydrogen-bond donors (Lipinski definition) is 1. The zero-order chi connectivity index (χ0) is 16.0. The Balaban J connectivity index is 1.76. The zero-order valence-electron chi connectivity index (χ0n) is 13.5. The van der Waals surface area contributed by atoms with Crippen LogP contribution in [0.15, 0.2) is 11.1 Å². The van der Waals surface area contributed by atoms with Gasteiger partial charge < -0.3 is 0 Å². The van der Waals surface area contributed by atoms with Crippen molar-refractivity contribution in [3.63, 3.8) is 0 Å². The van der Waals surface area contributed by atoms with Gasteiger partial charge in [0, 0.05) is 10.6 Å². The average Bonchev–Trinajstić information content (AvgIpc) is 2.94. The van der Waals surface area contributed by atoms with Crippen molar-refractivity contribution in [2.75, 3.05) is 0 Å². The lowest BCUT2D eigenvalue weighted by Gasteiger charge is -2.06. The number of fused-ring (bicyclic) bond motifs is 2. The molecule has 0 bridgehead atoms. The van der Waals surface area contributed by atoms with Crippen LogP contribution in [0.4, 0.5) is 0 Å². The number of aromatic nitrogens is 4. The van der Waals surface area contributed by atoms with Gasteiger partial charge in [-0.3, -0.25) is 14.5 Å². The predicted octanol–water partition coefficient (Wildman–Crippen LogP) is 3.12. The number of H-pyrrole nitrogens is 1. The molecule has 0 unspecified atom stereocenters. The fourth-order valence-electron chi connectivity index (χ4n) is 3.40. The minimum absolute atomic E-state index is 0.0437. The van der Waals surface area contributed by atoms with Crippen LogP contribution in [0.1, 0.15) is 46.7 Å². The Bertz CT molecular complexity index is 934. The molecule has 23 heavy (non-hydrogen) atoms. The van der Waals surface area contributed by atoms with E-state index in [1.54, 1.807) is 22.2 Å². The Kier molecular flexibility index (Phi) is 3.56. The summed E-state index contributed by atoms with van der Waals surface area (Å²) < 4.78 is 1.70. The molecule has 1 aliphatic carbocycles. The van der Waals surface area contributed by atoms with Crippen LogP contribution in [0.3, 0.4) is 0 Å². The van der Waals surface area contributed by atoms with Gasteiger partial charge >= 0.3 is 0 Å². The van der Waals surface area contributed by atoms with E-state index in [2.05, 4.69) is 15.2 Å². The van der Waals surface area contributed by atoms with Crippen molar-refractivity contribution < 1.29 is 0 Å². The van der Waals surface area contributed by atoms with Gasteiger partial charge in [0.15, 0.2) is 0 Å². The van der Waals surface area contributed by atoms with Crippen LogP contribution in [0.5, 0.6) is 0 Å². The van der Waals surface area contributed by atoms with E-state index in [4.69, 9.17) is 0 Å². The molecule has 0 aromatic carbocycles. The largest absolute Gasteiger partial charge is 0.292 e. The van der Waals surface area contributed by atoms with Gasteiger partial charge in [0.05, 0.1) is 24.0 Å². The minimum atomic E-state index is 0.0437. The molecule has 1 aliphatic rings. The SMILES string of the molecule is Cc1sc2ncn(Cc3n[nH]c4c3CCCCC4)c(=O)c2c1C. The molecule has 5 nitrogen and oxygen atoms in total. The standard InChI is InChI=1S/C17H20N4OS/c1-10-11(2)23-16-15(10)17(22)21(9-18-16)8-14-12-6-4-3-5-7-13(12)19-20-14/h9H,3-8H2,1-2H3,(H,19,20). The maximum absolute atomic E-state index is 12.8. The van der Waals surface area contributed by atoms with Crippen molar-refractivity contribution in [1.29, 1.82) is 0 Å². The fourth-order valence-corrected chi connectivity index (χ4v) is 4.39. The van der Waals surface area contributed by atoms with E-state index in [1.807, 2.05) is 13.8 Å². The summed E-state index contributed by atoms with van der Waals surface area (Å²) in [5.74, 6) is 0. The van der Waals surface area contributed by atoms with Gasteiger partial charge in [0.1, 0.15) is 4.83 Å². The lowest BCUT2D eigenvalue weighted by molar-refractivity contribution is 0.683. The number of rotatable bonds is 2. The molecule has 6 heteroatoms. The Morgan fingerprint density at radius 2 is 2.09 bits per heavy atom. The number of aryl methyl sites for hydroxylation is 3. The van der Waals surface area contributed by atoms with Crippen molar-refractivity contribution >= 4 is 21.6 Å². The van der Waals surface area contributed by atoms with E-state index in [-0.39, 0.29) is 5.56 Å². The van der Waals surface area contributed by atoms with E-state index in [0.717, 1.165) is 39.2 Å². The van der Waals surface area contributed by atoms with Crippen LogP contribution in [-0.4, -0.2) is 19.7 Å². The fraction of sp³-hybridized carbons (Fsp3) is 0.471. The maximum Gasteiger partial charge on any atom is 0.262 e. The Labute approximate surface area is 138 Å². The third-order valence-corrected chi connectivity index (χ3v) is 5.98. The first-order valence-electron chi connectivity index (χ1n) is 8.15. The van der Waals surface area contributed by atoms with Crippen molar-refractivity contribution in [1.82, 2.24) is 19.7 Å². The second-order valence-corrected chi connectivity index (χ2v) is 7.53. The maximum atomic E-state index is 12.8. The van der Waals surface area contributed by atoms with Gasteiger partial charge in [0.25, 0.3) is 5.56 Å². The Morgan fingerprint density at radius 3 is 2.96 bits per heavy atom. The van der Waals surface area contributed by atoms with Gasteiger partial charge in [0.2, 0.25) is 0 Å². The first-order chi connectivity index (χ1) is 11.1. The molecular formula is C17H20N4OS. The molecule has 4 rings (SSSR count). The highest BCUT2D eigenvalue weighted by molar-refractivity contribution is 7.18. The first kappa shape index (κ1) is 14.6. The van der Waals surface area contributed by atoms with Crippen LogP contribution >= 0.6 is 11.3 Å². The Morgan fingerprint density at radius 1 is 1.26 bits per heavy atom. The van der Waals surface area contributed by atoms with Crippen LogP contribution in [-0.2, 0) is 19.4 Å². The van der Waals surface area contributed by atoms with Gasteiger partial charge in [-0.1, -0.05) is 6.42 Å². The van der Waals surface area contributed by atoms with Crippen molar-refractivity contribution in [2.24, 2.45) is 0 Å². The molecular weight excluding hydrogens is 308 g/mol. The molecule has 0 fully saturated rings. The quantitative estimate of drug-likeness (QED) is 0.735. The summed E-state index contributed by atoms with van der Waals surface area (Å²) in [6.07, 6.45) is 7.48. The van der Waals surface area contributed by atoms with Crippen molar-refractivity contribution in [3.05, 3.63) is 44.1 Å². The van der Waals surface area contributed by atoms with Crippen LogP contribution in [0.2, 0.25) is 0 Å². The summed E-state index contributed by atoms with van der Waals surface area (Å²) in [6.45, 7) is 4.54. The number of thiophene rings is 1. The lowest BCUT2D eigenvalue weighted by Crippen LogP contribution is -2.21. The third kappa shape index (κ3) is 2.41. The van der Waals surface area contributed by atoms with Gasteiger partial charge in [-0.15, -0.1) is 11.3 Å². The molecule has 0 atom stereocenters. The summed E-state index contributed by atoms with van der Waals surface area (Å²) in [6, 6.07) is 0. The lowest BCUT2D eigenvalue weighted by atomic mass is 10.1. The van der Waals surface area contributed by atoms with Crippen LogP contribution in [0, 0.1) is 13.8 Å². The molecule has 0 amide bonds. The van der Waals surface area contributed by atoms with E-state index in [0.29, 0.717) is 6.54 Å². The highest BCUT2D eigenvalue weighted by atomic mass is 32.1. The summed E-state index contributed by atoms with van der Waals surface area (Å²) in [5.41, 5.74) is 4.66. The van der Waals surface area contributed by atoms with Crippen molar-refractivity contribution in [3.8, 4) is 0 Å². The smallest absolute Gasteiger partial charge is 0.262 e. The predicted molar refractivity (Wildman–Crippen MR) is 92.3 cm³/mol. The molecule has 0 saturated carbocycles. The molecule has 3 aromatic rings. The average molecular weight is 328 g/mol. The molecule has 0 spiro atoms. The summed E-state index contributed by atoms with van der Waals surface area (Å²) >= 11 is 1.59. The summed E-state index contributed by atoms with van der Waals surface area (Å²) in [7, 11) is 0. The van der Waals surface area contributed by atoms with Crippen molar-refractivity contribution in [2.45, 2.75) is 52.5 Å². The van der Waals surface area contributed by atoms with Crippen LogP contribution < -0.4 is 5.56 Å². The molecule has 3 aromatic heterocycles. The van der Waals surface area contributed by atoms with E-state index in [1.165, 1.54) is 30.5 Å². The second kappa shape index (κ2) is 5.60. The van der Waals surface area contributed by atoms with Gasteiger partial charge in [-0.05, 0) is 50.7 Å². The molecule has 120 valence electrons. The molecule has 1 N–H and O–H groups in total. The van der Waals surface area contributed by atoms with E-state index >= 15 is 0 Å². The monoisotopic (exact) mass is 328 g/mol. The highest BCUT2D eigenvalue weighted by Gasteiger charge is 2.18. The van der Waals surface area contributed by atoms with E-state index < -0.39 is 0 Å². The minimum Gasteiger partial charge on any atom is -0.292 e. The molecule has 0 saturated heterocycles. The number of hydrogen-bond acceptors (Lipinski definition) is 4. The zero-order valence-corrected chi connectivity index (χ0v) is 14.3. The summed E-state index contributed by atoms with van der Waals surface area (Å²) in [5, 5.41) is 8.41. The van der Waals surface area contributed by atoms with Gasteiger partial charge in [-0.25, -0.2) is 4.98 Å². The van der Waals surface area contributed by atoms with Crippen LogP contribution in [0.25, 0.3) is 10.2 Å². The topological polar surface area (TPSA) is 63.6 Å². The number of aromatic amines is 1. The molecule has 0 radical (unpaired) electrons. The Hall–Kier alpha value is -1.95. The number of nitrogens with zero attached hydrogens (tertiary/aromatic N) is 3. The second-order valence-electron chi connectivity index (χ2n) is 6.33. The van der Waals surface area contributed by atoms with E-state index in [9.17, 15) is 4.79 Å².